The lowest BCUT2D eigenvalue weighted by Gasteiger charge is -2.24. The van der Waals surface area contributed by atoms with Gasteiger partial charge in [0.05, 0.1) is 27.3 Å². The first-order valence-electron chi connectivity index (χ1n) is 14.9. The SMILES string of the molecule is Cc1ccc2c3ccc(F)cc3n3c4cc(-c5c(C(C)C)cc(C(C)C)cc5C(C)C)cc5cc[n+](C)c(c1c23)c54. The fourth-order valence-corrected chi connectivity index (χ4v) is 7.12. The Labute approximate surface area is 241 Å². The number of fused-ring (bicyclic) bond motifs is 5. The van der Waals surface area contributed by atoms with Crippen molar-refractivity contribution in [2.45, 2.75) is 66.2 Å². The van der Waals surface area contributed by atoms with Gasteiger partial charge in [0.25, 0.3) is 0 Å². The van der Waals surface area contributed by atoms with Gasteiger partial charge < -0.3 is 4.40 Å². The summed E-state index contributed by atoms with van der Waals surface area (Å²) in [6.45, 7) is 16.0. The summed E-state index contributed by atoms with van der Waals surface area (Å²) < 4.78 is 19.4. The molecule has 206 valence electrons. The first-order valence-corrected chi connectivity index (χ1v) is 14.9. The molecule has 0 aliphatic heterocycles. The number of hydrogen-bond donors (Lipinski definition) is 0. The highest BCUT2D eigenvalue weighted by Crippen LogP contribution is 2.44. The normalized spacial score (nSPS) is 12.7. The maximum atomic E-state index is 14.8. The van der Waals surface area contributed by atoms with Gasteiger partial charge in [0.1, 0.15) is 12.9 Å². The molecule has 0 aliphatic rings. The highest BCUT2D eigenvalue weighted by Gasteiger charge is 2.26. The quantitative estimate of drug-likeness (QED) is 0.119. The van der Waals surface area contributed by atoms with Gasteiger partial charge in [-0.1, -0.05) is 65.8 Å². The molecule has 4 aromatic carbocycles. The van der Waals surface area contributed by atoms with E-state index in [9.17, 15) is 4.39 Å². The van der Waals surface area contributed by atoms with Crippen LogP contribution in [0.5, 0.6) is 0 Å². The van der Waals surface area contributed by atoms with Crippen LogP contribution in [0.2, 0.25) is 0 Å². The number of aryl methyl sites for hydroxylation is 2. The first kappa shape index (κ1) is 26.0. The summed E-state index contributed by atoms with van der Waals surface area (Å²) in [4.78, 5) is 0. The molecular weight excluding hydrogens is 503 g/mol. The van der Waals surface area contributed by atoms with Crippen LogP contribution in [-0.4, -0.2) is 4.40 Å². The summed E-state index contributed by atoms with van der Waals surface area (Å²) in [5.74, 6) is 1.02. The molecule has 0 bridgehead atoms. The van der Waals surface area contributed by atoms with Crippen LogP contribution in [0.4, 0.5) is 4.39 Å². The van der Waals surface area contributed by atoms with Crippen molar-refractivity contribution in [2.75, 3.05) is 0 Å². The minimum absolute atomic E-state index is 0.208. The smallest absolute Gasteiger partial charge is 0.224 e. The van der Waals surface area contributed by atoms with Gasteiger partial charge in [-0.2, -0.15) is 0 Å². The minimum atomic E-state index is -0.208. The van der Waals surface area contributed by atoms with Gasteiger partial charge in [-0.25, -0.2) is 8.96 Å². The number of nitrogens with zero attached hydrogens (tertiary/aromatic N) is 2. The van der Waals surface area contributed by atoms with Crippen molar-refractivity contribution < 1.29 is 8.96 Å². The molecule has 3 aromatic heterocycles. The fraction of sp³-hybridized carbons (Fsp3) is 0.289. The van der Waals surface area contributed by atoms with E-state index in [1.807, 2.05) is 6.07 Å². The number of hydrogen-bond acceptors (Lipinski definition) is 0. The Kier molecular flexibility index (Phi) is 5.70. The van der Waals surface area contributed by atoms with Gasteiger partial charge in [0.2, 0.25) is 5.52 Å². The van der Waals surface area contributed by atoms with E-state index in [0.29, 0.717) is 17.8 Å². The molecule has 0 spiro atoms. The monoisotopic (exact) mass is 541 g/mol. The van der Waals surface area contributed by atoms with E-state index in [-0.39, 0.29) is 5.82 Å². The van der Waals surface area contributed by atoms with Crippen LogP contribution < -0.4 is 4.57 Å². The van der Waals surface area contributed by atoms with Crippen LogP contribution >= 0.6 is 0 Å². The lowest BCUT2D eigenvalue weighted by atomic mass is 9.81. The van der Waals surface area contributed by atoms with Crippen molar-refractivity contribution in [3.63, 3.8) is 0 Å². The second kappa shape index (κ2) is 9.01. The van der Waals surface area contributed by atoms with E-state index in [1.165, 1.54) is 66.0 Å². The summed E-state index contributed by atoms with van der Waals surface area (Å²) in [6.07, 6.45) is 2.19. The predicted molar refractivity (Wildman–Crippen MR) is 172 cm³/mol. The van der Waals surface area contributed by atoms with Gasteiger partial charge in [0, 0.05) is 16.8 Å². The molecule has 41 heavy (non-hydrogen) atoms. The Balaban J connectivity index is 1.75. The number of halogens is 1. The molecule has 0 saturated heterocycles. The van der Waals surface area contributed by atoms with Gasteiger partial charge in [-0.05, 0) is 93.8 Å². The van der Waals surface area contributed by atoms with E-state index >= 15 is 0 Å². The van der Waals surface area contributed by atoms with E-state index in [0.717, 1.165) is 16.4 Å². The summed E-state index contributed by atoms with van der Waals surface area (Å²) >= 11 is 0. The van der Waals surface area contributed by atoms with Crippen molar-refractivity contribution in [1.29, 1.82) is 0 Å². The molecule has 0 amide bonds. The Morgan fingerprint density at radius 3 is 2.05 bits per heavy atom. The Hall–Kier alpha value is -3.98. The van der Waals surface area contributed by atoms with Crippen LogP contribution in [0.3, 0.4) is 0 Å². The van der Waals surface area contributed by atoms with E-state index in [1.54, 1.807) is 12.1 Å². The average molecular weight is 542 g/mol. The summed E-state index contributed by atoms with van der Waals surface area (Å²) in [6, 6.07) is 21.5. The summed E-state index contributed by atoms with van der Waals surface area (Å²) in [5, 5.41) is 5.92. The van der Waals surface area contributed by atoms with Crippen molar-refractivity contribution in [3.8, 4) is 11.1 Å². The molecule has 0 radical (unpaired) electrons. The summed E-state index contributed by atoms with van der Waals surface area (Å²) in [5.41, 5.74) is 12.5. The van der Waals surface area contributed by atoms with Crippen molar-refractivity contribution in [2.24, 2.45) is 7.05 Å². The number of benzene rings is 4. The molecule has 0 aliphatic carbocycles. The lowest BCUT2D eigenvalue weighted by Crippen LogP contribution is -2.28. The largest absolute Gasteiger partial charge is 0.307 e. The molecule has 0 unspecified atom stereocenters. The number of pyridine rings is 2. The predicted octanol–water partition coefficient (Wildman–Crippen LogP) is 10.3. The maximum absolute atomic E-state index is 14.8. The average Bonchev–Trinajstić information content (AvgIpc) is 3.26. The highest BCUT2D eigenvalue weighted by atomic mass is 19.1. The fourth-order valence-electron chi connectivity index (χ4n) is 7.12. The Morgan fingerprint density at radius 2 is 1.39 bits per heavy atom. The van der Waals surface area contributed by atoms with Gasteiger partial charge in [0.15, 0.2) is 6.20 Å². The van der Waals surface area contributed by atoms with Crippen LogP contribution in [0, 0.1) is 12.7 Å². The molecular formula is C38H38FN2+. The Morgan fingerprint density at radius 1 is 0.707 bits per heavy atom. The molecule has 0 N–H and O–H groups in total. The van der Waals surface area contributed by atoms with Gasteiger partial charge in [-0.15, -0.1) is 0 Å². The molecule has 7 rings (SSSR count). The van der Waals surface area contributed by atoms with Crippen LogP contribution in [0.25, 0.3) is 60.1 Å². The third kappa shape index (κ3) is 3.64. The maximum Gasteiger partial charge on any atom is 0.224 e. The first-order chi connectivity index (χ1) is 19.6. The second-order valence-corrected chi connectivity index (χ2v) is 12.9. The molecule has 3 heterocycles. The zero-order valence-corrected chi connectivity index (χ0v) is 25.4. The molecule has 7 aromatic rings. The van der Waals surface area contributed by atoms with Crippen molar-refractivity contribution in [1.82, 2.24) is 4.40 Å². The highest BCUT2D eigenvalue weighted by molar-refractivity contribution is 6.26. The third-order valence-electron chi connectivity index (χ3n) is 9.21. The molecule has 0 atom stereocenters. The number of rotatable bonds is 4. The zero-order chi connectivity index (χ0) is 28.9. The van der Waals surface area contributed by atoms with Crippen LogP contribution in [-0.2, 0) is 7.05 Å². The standard InChI is InChI=1S/C38H38FN2/c1-20(2)25-16-30(21(3)4)35(31(17-25)22(5)6)26-15-24-13-14-40(8)38-34-23(7)9-11-29-28-12-10-27(39)19-32(28)41(37(29)34)33(18-26)36(24)38/h9-22H,1-8H3/q+1. The molecule has 0 fully saturated rings. The minimum Gasteiger partial charge on any atom is -0.307 e. The third-order valence-corrected chi connectivity index (χ3v) is 9.21. The van der Waals surface area contributed by atoms with Crippen molar-refractivity contribution in [3.05, 3.63) is 94.9 Å². The molecule has 2 nitrogen and oxygen atoms in total. The molecule has 3 heteroatoms. The summed E-state index contributed by atoms with van der Waals surface area (Å²) in [7, 11) is 2.14. The van der Waals surface area contributed by atoms with Gasteiger partial charge >= 0.3 is 0 Å². The lowest BCUT2D eigenvalue weighted by molar-refractivity contribution is -0.643. The van der Waals surface area contributed by atoms with E-state index in [2.05, 4.69) is 113 Å². The van der Waals surface area contributed by atoms with Gasteiger partial charge in [-0.3, -0.25) is 0 Å². The van der Waals surface area contributed by atoms with Crippen LogP contribution in [0.1, 0.15) is 81.5 Å². The Bertz CT molecular complexity index is 2130. The van der Waals surface area contributed by atoms with Crippen molar-refractivity contribution >= 4 is 49.0 Å². The number of aromatic nitrogens is 2. The second-order valence-electron chi connectivity index (χ2n) is 12.9. The van der Waals surface area contributed by atoms with E-state index < -0.39 is 0 Å². The van der Waals surface area contributed by atoms with Crippen LogP contribution in [0.15, 0.2) is 66.9 Å². The molecule has 0 saturated carbocycles. The topological polar surface area (TPSA) is 8.29 Å². The van der Waals surface area contributed by atoms with E-state index in [4.69, 9.17) is 0 Å². The zero-order valence-electron chi connectivity index (χ0n) is 25.4.